The lowest BCUT2D eigenvalue weighted by Crippen LogP contribution is -2.31. The van der Waals surface area contributed by atoms with Gasteiger partial charge in [-0.25, -0.2) is 4.68 Å². The van der Waals surface area contributed by atoms with E-state index in [1.165, 1.54) is 6.33 Å². The van der Waals surface area contributed by atoms with Gasteiger partial charge >= 0.3 is 6.18 Å². The molecule has 158 valence electrons. The van der Waals surface area contributed by atoms with Crippen LogP contribution < -0.4 is 10.9 Å². The maximum atomic E-state index is 13.0. The SMILES string of the molecule is CC(=O)c1nn(CC(=O)Nc2ccc3nncn3c2)c(=O)c2ccc(C(F)(F)F)cc12. The third kappa shape index (κ3) is 3.86. The van der Waals surface area contributed by atoms with E-state index in [2.05, 4.69) is 20.6 Å². The number of carbonyl (C=O) groups excluding carboxylic acids is 2. The molecule has 0 fully saturated rings. The van der Waals surface area contributed by atoms with E-state index in [9.17, 15) is 27.6 Å². The number of nitrogens with one attached hydrogen (secondary N) is 1. The molecule has 9 nitrogen and oxygen atoms in total. The van der Waals surface area contributed by atoms with Crippen LogP contribution in [0.4, 0.5) is 18.9 Å². The lowest BCUT2D eigenvalue weighted by molar-refractivity contribution is -0.137. The minimum Gasteiger partial charge on any atom is -0.323 e. The van der Waals surface area contributed by atoms with Crippen molar-refractivity contribution in [2.75, 3.05) is 5.32 Å². The number of alkyl halides is 3. The average Bonchev–Trinajstić information content (AvgIpc) is 3.16. The summed E-state index contributed by atoms with van der Waals surface area (Å²) in [4.78, 5) is 37.1. The molecule has 0 unspecified atom stereocenters. The summed E-state index contributed by atoms with van der Waals surface area (Å²) in [5, 5.41) is 13.6. The number of benzene rings is 1. The first-order valence-corrected chi connectivity index (χ1v) is 8.86. The van der Waals surface area contributed by atoms with Gasteiger partial charge in [0.15, 0.2) is 11.4 Å². The predicted octanol–water partition coefficient (Wildman–Crippen LogP) is 2.30. The van der Waals surface area contributed by atoms with Crippen molar-refractivity contribution in [2.45, 2.75) is 19.6 Å². The number of rotatable bonds is 4. The number of pyridine rings is 1. The summed E-state index contributed by atoms with van der Waals surface area (Å²) in [6, 6.07) is 5.63. The van der Waals surface area contributed by atoms with Crippen LogP contribution in [0, 0.1) is 0 Å². The van der Waals surface area contributed by atoms with Gasteiger partial charge in [0.05, 0.1) is 16.6 Å². The van der Waals surface area contributed by atoms with Crippen molar-refractivity contribution in [3.05, 3.63) is 64.5 Å². The molecule has 3 heterocycles. The van der Waals surface area contributed by atoms with Gasteiger partial charge in [0.2, 0.25) is 5.91 Å². The summed E-state index contributed by atoms with van der Waals surface area (Å²) in [5.74, 6) is -1.26. The van der Waals surface area contributed by atoms with Crippen LogP contribution in [-0.4, -0.2) is 36.1 Å². The van der Waals surface area contributed by atoms with E-state index < -0.39 is 35.5 Å². The van der Waals surface area contributed by atoms with Crippen LogP contribution in [0.25, 0.3) is 16.4 Å². The van der Waals surface area contributed by atoms with Crippen molar-refractivity contribution >= 4 is 33.8 Å². The Kier molecular flexibility index (Phi) is 4.76. The zero-order chi connectivity index (χ0) is 22.3. The van der Waals surface area contributed by atoms with Gasteiger partial charge in [0, 0.05) is 18.5 Å². The van der Waals surface area contributed by atoms with Gasteiger partial charge in [-0.1, -0.05) is 0 Å². The van der Waals surface area contributed by atoms with Crippen molar-refractivity contribution in [1.29, 1.82) is 0 Å². The molecule has 0 saturated heterocycles. The van der Waals surface area contributed by atoms with E-state index in [0.29, 0.717) is 17.4 Å². The van der Waals surface area contributed by atoms with Gasteiger partial charge in [0.1, 0.15) is 18.6 Å². The number of aromatic nitrogens is 5. The lowest BCUT2D eigenvalue weighted by atomic mass is 10.1. The van der Waals surface area contributed by atoms with Crippen molar-refractivity contribution < 1.29 is 22.8 Å². The first-order valence-electron chi connectivity index (χ1n) is 8.86. The molecule has 1 N–H and O–H groups in total. The standard InChI is InChI=1S/C19H13F3N6O3/c1-10(29)17-14-6-11(19(20,21)22)2-4-13(14)18(31)28(26-17)8-16(30)24-12-3-5-15-25-23-9-27(15)7-12/h2-7,9H,8H2,1H3,(H,24,30). The summed E-state index contributed by atoms with van der Waals surface area (Å²) in [5.41, 5.74) is -1.18. The van der Waals surface area contributed by atoms with Crippen molar-refractivity contribution in [1.82, 2.24) is 24.4 Å². The van der Waals surface area contributed by atoms with E-state index in [4.69, 9.17) is 0 Å². The highest BCUT2D eigenvalue weighted by Gasteiger charge is 2.31. The summed E-state index contributed by atoms with van der Waals surface area (Å²) in [7, 11) is 0. The number of fused-ring (bicyclic) bond motifs is 2. The second-order valence-electron chi connectivity index (χ2n) is 6.69. The maximum Gasteiger partial charge on any atom is 0.416 e. The van der Waals surface area contributed by atoms with E-state index in [0.717, 1.165) is 23.7 Å². The van der Waals surface area contributed by atoms with E-state index in [-0.39, 0.29) is 16.5 Å². The van der Waals surface area contributed by atoms with Crippen LogP contribution in [0.3, 0.4) is 0 Å². The zero-order valence-electron chi connectivity index (χ0n) is 15.8. The normalized spacial score (nSPS) is 11.7. The summed E-state index contributed by atoms with van der Waals surface area (Å²) >= 11 is 0. The third-order valence-corrected chi connectivity index (χ3v) is 4.49. The largest absolute Gasteiger partial charge is 0.416 e. The number of nitrogens with zero attached hydrogens (tertiary/aromatic N) is 5. The first-order chi connectivity index (χ1) is 14.6. The Hall–Kier alpha value is -4.09. The van der Waals surface area contributed by atoms with Crippen molar-refractivity contribution in [3.8, 4) is 0 Å². The Morgan fingerprint density at radius 2 is 1.90 bits per heavy atom. The highest BCUT2D eigenvalue weighted by Crippen LogP contribution is 2.31. The molecular formula is C19H13F3N6O3. The fourth-order valence-electron chi connectivity index (χ4n) is 3.07. The Morgan fingerprint density at radius 1 is 1.13 bits per heavy atom. The van der Waals surface area contributed by atoms with Crippen LogP contribution in [0.15, 0.2) is 47.7 Å². The van der Waals surface area contributed by atoms with Crippen molar-refractivity contribution in [3.63, 3.8) is 0 Å². The first kappa shape index (κ1) is 20.2. The van der Waals surface area contributed by atoms with Gasteiger partial charge in [-0.15, -0.1) is 10.2 Å². The summed E-state index contributed by atoms with van der Waals surface area (Å²) in [6.07, 6.45) is -1.65. The number of amides is 1. The maximum absolute atomic E-state index is 13.0. The van der Waals surface area contributed by atoms with Crippen molar-refractivity contribution in [2.24, 2.45) is 0 Å². The number of halogens is 3. The predicted molar refractivity (Wildman–Crippen MR) is 103 cm³/mol. The molecule has 1 amide bonds. The Labute approximate surface area is 171 Å². The van der Waals surface area contributed by atoms with E-state index in [1.54, 1.807) is 22.7 Å². The number of hydrogen-bond acceptors (Lipinski definition) is 6. The second-order valence-corrected chi connectivity index (χ2v) is 6.69. The van der Waals surface area contributed by atoms with E-state index in [1.807, 2.05) is 0 Å². The number of ketones is 1. The highest BCUT2D eigenvalue weighted by molar-refractivity contribution is 6.05. The van der Waals surface area contributed by atoms with Gasteiger partial charge in [-0.05, 0) is 30.3 Å². The summed E-state index contributed by atoms with van der Waals surface area (Å²) in [6.45, 7) is 0.571. The molecular weight excluding hydrogens is 417 g/mol. The van der Waals surface area contributed by atoms with Crippen LogP contribution in [0.1, 0.15) is 23.0 Å². The number of carbonyl (C=O) groups is 2. The fourth-order valence-corrected chi connectivity index (χ4v) is 3.07. The molecule has 31 heavy (non-hydrogen) atoms. The molecule has 4 aromatic rings. The number of Topliss-reactive ketones (excluding diaryl/α,β-unsaturated/α-hetero) is 1. The monoisotopic (exact) mass is 430 g/mol. The topological polar surface area (TPSA) is 111 Å². The molecule has 3 aromatic heterocycles. The van der Waals surface area contributed by atoms with Crippen LogP contribution in [0.2, 0.25) is 0 Å². The molecule has 0 aliphatic heterocycles. The molecule has 0 aliphatic carbocycles. The van der Waals surface area contributed by atoms with Gasteiger partial charge in [-0.3, -0.25) is 18.8 Å². The molecule has 0 atom stereocenters. The van der Waals surface area contributed by atoms with Gasteiger partial charge in [-0.2, -0.15) is 18.3 Å². The van der Waals surface area contributed by atoms with E-state index >= 15 is 0 Å². The van der Waals surface area contributed by atoms with Gasteiger partial charge in [0.25, 0.3) is 5.56 Å². The fraction of sp³-hybridized carbons (Fsp3) is 0.158. The second kappa shape index (κ2) is 7.31. The smallest absolute Gasteiger partial charge is 0.323 e. The van der Waals surface area contributed by atoms with Crippen LogP contribution >= 0.6 is 0 Å². The molecule has 0 radical (unpaired) electrons. The Balaban J connectivity index is 1.69. The minimum absolute atomic E-state index is 0.146. The molecule has 0 aliphatic rings. The van der Waals surface area contributed by atoms with Crippen LogP contribution in [0.5, 0.6) is 0 Å². The zero-order valence-corrected chi connectivity index (χ0v) is 15.8. The average molecular weight is 430 g/mol. The molecule has 4 rings (SSSR count). The number of anilines is 1. The Morgan fingerprint density at radius 3 is 2.61 bits per heavy atom. The molecule has 0 saturated carbocycles. The summed E-state index contributed by atoms with van der Waals surface area (Å²) < 4.78 is 41.4. The Bertz CT molecular complexity index is 1410. The quantitative estimate of drug-likeness (QED) is 0.498. The molecule has 0 bridgehead atoms. The molecule has 0 spiro atoms. The van der Waals surface area contributed by atoms with Crippen LogP contribution in [-0.2, 0) is 17.5 Å². The molecule has 12 heteroatoms. The minimum atomic E-state index is -4.65. The lowest BCUT2D eigenvalue weighted by Gasteiger charge is -2.12. The van der Waals surface area contributed by atoms with Gasteiger partial charge < -0.3 is 5.32 Å². The highest BCUT2D eigenvalue weighted by atomic mass is 19.4. The number of hydrogen-bond donors (Lipinski definition) is 1. The molecule has 1 aromatic carbocycles. The third-order valence-electron chi connectivity index (χ3n) is 4.49.